The van der Waals surface area contributed by atoms with Gasteiger partial charge in [0.25, 0.3) is 0 Å². The molecule has 0 saturated heterocycles. The van der Waals surface area contributed by atoms with Crippen LogP contribution >= 0.6 is 0 Å². The SMILES string of the molecule is CC1=CC(C)(C)c2cc3[cH-]c4cc5c(cc4c3cc21)C(C)=CC5(C)C.CC1=[C-]C(C)C=C1C.CC[C](=[Zr+2])c1ccccc1.[Cl-].[Cl-]. The first-order valence-electron chi connectivity index (χ1n) is 15.8. The monoisotopic (exact) mass is 710 g/mol. The van der Waals surface area contributed by atoms with Crippen LogP contribution in [0.3, 0.4) is 0 Å². The van der Waals surface area contributed by atoms with E-state index in [2.05, 4.69) is 154 Å². The maximum Gasteiger partial charge on any atom is -1.00 e. The molecule has 3 heteroatoms. The summed E-state index contributed by atoms with van der Waals surface area (Å²) in [6, 6.07) is 22.7. The second kappa shape index (κ2) is 14.3. The second-order valence-corrected chi connectivity index (χ2v) is 15.3. The van der Waals surface area contributed by atoms with Gasteiger partial charge in [0.15, 0.2) is 0 Å². The molecular formula is C42H46Cl2Zr-2. The molecule has 0 saturated carbocycles. The van der Waals surface area contributed by atoms with Crippen LogP contribution < -0.4 is 24.8 Å². The van der Waals surface area contributed by atoms with E-state index in [1.54, 1.807) is 3.21 Å². The molecule has 1 atom stereocenters. The van der Waals surface area contributed by atoms with Crippen molar-refractivity contribution in [1.29, 1.82) is 0 Å². The summed E-state index contributed by atoms with van der Waals surface area (Å²) in [4.78, 5) is 0. The van der Waals surface area contributed by atoms with E-state index in [4.69, 9.17) is 0 Å². The quantitative estimate of drug-likeness (QED) is 0.238. The Hall–Kier alpha value is -2.18. The van der Waals surface area contributed by atoms with Gasteiger partial charge in [0.1, 0.15) is 0 Å². The summed E-state index contributed by atoms with van der Waals surface area (Å²) >= 11 is 1.54. The Morgan fingerprint density at radius 1 is 0.756 bits per heavy atom. The van der Waals surface area contributed by atoms with Gasteiger partial charge in [-0.05, 0) is 36.1 Å². The van der Waals surface area contributed by atoms with Gasteiger partial charge in [-0.3, -0.25) is 6.08 Å². The molecule has 1 unspecified atom stereocenters. The summed E-state index contributed by atoms with van der Waals surface area (Å²) in [7, 11) is 0. The minimum atomic E-state index is 0. The summed E-state index contributed by atoms with van der Waals surface area (Å²) in [5, 5.41) is 5.57. The van der Waals surface area contributed by atoms with E-state index in [9.17, 15) is 0 Å². The van der Waals surface area contributed by atoms with Crippen LogP contribution in [0.5, 0.6) is 0 Å². The molecule has 45 heavy (non-hydrogen) atoms. The number of hydrogen-bond acceptors (Lipinski definition) is 0. The smallest absolute Gasteiger partial charge is 1.00 e. The van der Waals surface area contributed by atoms with Crippen LogP contribution in [0.15, 0.2) is 90.0 Å². The van der Waals surface area contributed by atoms with Crippen molar-refractivity contribution in [3.05, 3.63) is 124 Å². The van der Waals surface area contributed by atoms with Crippen LogP contribution in [0.25, 0.3) is 32.7 Å². The number of hydrogen-bond donors (Lipinski definition) is 0. The van der Waals surface area contributed by atoms with Crippen molar-refractivity contribution >= 4 is 35.9 Å². The van der Waals surface area contributed by atoms with E-state index in [-0.39, 0.29) is 35.6 Å². The normalized spacial score (nSPS) is 18.1. The van der Waals surface area contributed by atoms with E-state index in [1.165, 1.54) is 102 Å². The summed E-state index contributed by atoms with van der Waals surface area (Å²) in [6.07, 6.45) is 11.5. The first-order valence-corrected chi connectivity index (χ1v) is 17.0. The molecule has 0 radical (unpaired) electrons. The van der Waals surface area contributed by atoms with E-state index in [0.717, 1.165) is 0 Å². The van der Waals surface area contributed by atoms with Crippen molar-refractivity contribution in [2.45, 2.75) is 86.5 Å². The molecule has 234 valence electrons. The van der Waals surface area contributed by atoms with Crippen LogP contribution in [0.4, 0.5) is 0 Å². The molecule has 0 N–H and O–H groups in total. The van der Waals surface area contributed by atoms with Gasteiger partial charge in [-0.1, -0.05) is 82.9 Å². The zero-order chi connectivity index (χ0) is 31.3. The third-order valence-corrected chi connectivity index (χ3v) is 11.0. The largest absolute Gasteiger partial charge is 1.00 e. The molecule has 0 aromatic heterocycles. The van der Waals surface area contributed by atoms with Gasteiger partial charge in [0.05, 0.1) is 0 Å². The molecule has 0 spiro atoms. The Labute approximate surface area is 299 Å². The van der Waals surface area contributed by atoms with Crippen LogP contribution in [0.2, 0.25) is 0 Å². The molecule has 0 aliphatic heterocycles. The first kappa shape index (κ1) is 37.3. The Balaban J connectivity index is 0.000000229. The van der Waals surface area contributed by atoms with Gasteiger partial charge < -0.3 is 24.8 Å². The fourth-order valence-electron chi connectivity index (χ4n) is 7.06. The molecule has 3 aliphatic carbocycles. The van der Waals surface area contributed by atoms with Crippen molar-refractivity contribution in [3.8, 4) is 0 Å². The molecule has 3 aliphatic rings. The van der Waals surface area contributed by atoms with Crippen molar-refractivity contribution < 1.29 is 49.0 Å². The predicted octanol–water partition coefficient (Wildman–Crippen LogP) is 5.60. The van der Waals surface area contributed by atoms with Crippen molar-refractivity contribution in [2.75, 3.05) is 0 Å². The topological polar surface area (TPSA) is 0 Å². The van der Waals surface area contributed by atoms with Crippen LogP contribution in [0.1, 0.15) is 103 Å². The van der Waals surface area contributed by atoms with Gasteiger partial charge in [0, 0.05) is 10.8 Å². The maximum atomic E-state index is 3.29. The van der Waals surface area contributed by atoms with Gasteiger partial charge in [-0.25, -0.2) is 11.1 Å². The first-order chi connectivity index (χ1) is 20.2. The summed E-state index contributed by atoms with van der Waals surface area (Å²) in [6.45, 7) is 22.4. The van der Waals surface area contributed by atoms with Gasteiger partial charge in [-0.2, -0.15) is 6.08 Å². The molecule has 0 bridgehead atoms. The summed E-state index contributed by atoms with van der Waals surface area (Å²) < 4.78 is 1.55. The Morgan fingerprint density at radius 2 is 1.22 bits per heavy atom. The second-order valence-electron chi connectivity index (χ2n) is 13.8. The summed E-state index contributed by atoms with van der Waals surface area (Å²) in [5.74, 6) is 0.551. The average molecular weight is 713 g/mol. The minimum absolute atomic E-state index is 0. The zero-order valence-corrected chi connectivity index (χ0v) is 32.5. The zero-order valence-electron chi connectivity index (χ0n) is 28.5. The molecule has 0 heterocycles. The maximum absolute atomic E-state index is 3.29. The van der Waals surface area contributed by atoms with E-state index in [0.29, 0.717) is 5.92 Å². The van der Waals surface area contributed by atoms with Gasteiger partial charge >= 0.3 is 76.7 Å². The van der Waals surface area contributed by atoms with Crippen molar-refractivity contribution in [3.63, 3.8) is 0 Å². The van der Waals surface area contributed by atoms with Crippen molar-refractivity contribution in [2.24, 2.45) is 5.92 Å². The number of allylic oxidation sites excluding steroid dienone is 8. The molecular weight excluding hydrogens is 667 g/mol. The fourth-order valence-corrected chi connectivity index (χ4v) is 7.47. The summed E-state index contributed by atoms with van der Waals surface area (Å²) in [5.41, 5.74) is 13.0. The third kappa shape index (κ3) is 7.53. The fraction of sp³-hybridized carbons (Fsp3) is 0.333. The number of fused-ring (bicyclic) bond motifs is 5. The van der Waals surface area contributed by atoms with E-state index >= 15 is 0 Å². The molecule has 4 aromatic carbocycles. The molecule has 0 nitrogen and oxygen atoms in total. The Morgan fingerprint density at radius 3 is 1.58 bits per heavy atom. The van der Waals surface area contributed by atoms with Crippen molar-refractivity contribution in [1.82, 2.24) is 0 Å². The molecule has 0 fully saturated rings. The standard InChI is InChI=1S/C25H25.C9H10.C8H11.2ClH.Zr/c1-14-12-24(3,4)22-8-16-7-17-9-23-19(15(2)13-25(23,5)6)11-21(17)20(16)10-18(14)22;1-2-6-9-7-4-3-5-8-9;1-6-4-7(2)8(3)5-6;;;/h7-13H,1-6H3;3-5,7-8H,2H2,1H3;4,6H,1-3H3;2*1H;/q-1;;-1;;;+2/p-2. The minimum Gasteiger partial charge on any atom is -1.00 e. The van der Waals surface area contributed by atoms with Gasteiger partial charge in [-0.15, -0.1) is 46.7 Å². The molecule has 0 amide bonds. The number of halogens is 2. The van der Waals surface area contributed by atoms with Crippen LogP contribution in [0, 0.1) is 12.0 Å². The molecule has 4 aromatic rings. The third-order valence-electron chi connectivity index (χ3n) is 9.38. The molecule has 7 rings (SSSR count). The Kier molecular flexibility index (Phi) is 11.8. The van der Waals surface area contributed by atoms with E-state index in [1.807, 2.05) is 0 Å². The van der Waals surface area contributed by atoms with Crippen LogP contribution in [-0.4, -0.2) is 3.21 Å². The number of benzene rings is 3. The van der Waals surface area contributed by atoms with E-state index < -0.39 is 0 Å². The predicted molar refractivity (Wildman–Crippen MR) is 187 cm³/mol. The van der Waals surface area contributed by atoms with Crippen LogP contribution in [-0.2, 0) is 35.1 Å². The Bertz CT molecular complexity index is 1750. The number of rotatable bonds is 2. The average Bonchev–Trinajstić information content (AvgIpc) is 3.61. The van der Waals surface area contributed by atoms with Gasteiger partial charge in [0.2, 0.25) is 0 Å².